The second-order valence-electron chi connectivity index (χ2n) is 5.61. The van der Waals surface area contributed by atoms with Crippen LogP contribution in [0.3, 0.4) is 0 Å². The fourth-order valence-electron chi connectivity index (χ4n) is 2.98. The molecule has 1 fully saturated rings. The highest BCUT2D eigenvalue weighted by molar-refractivity contribution is 5.77. The second-order valence-corrected chi connectivity index (χ2v) is 5.61. The van der Waals surface area contributed by atoms with E-state index in [0.29, 0.717) is 23.8 Å². The Morgan fingerprint density at radius 1 is 1.52 bits per heavy atom. The lowest BCUT2D eigenvalue weighted by molar-refractivity contribution is -0.144. The predicted octanol–water partition coefficient (Wildman–Crippen LogP) is 2.65. The van der Waals surface area contributed by atoms with Crippen LogP contribution in [0.1, 0.15) is 38.3 Å². The lowest BCUT2D eigenvalue weighted by Gasteiger charge is -2.35. The van der Waals surface area contributed by atoms with Gasteiger partial charge in [-0.25, -0.2) is 0 Å². The van der Waals surface area contributed by atoms with E-state index in [1.165, 1.54) is 0 Å². The molecule has 5 heteroatoms. The number of aromatic hydroxyl groups is 1. The Kier molecular flexibility index (Phi) is 5.07. The smallest absolute Gasteiger partial charge is 0.325 e. The number of aliphatic carboxylic acids is 1. The summed E-state index contributed by atoms with van der Waals surface area (Å²) >= 11 is 0. The van der Waals surface area contributed by atoms with E-state index in [1.807, 2.05) is 11.8 Å². The van der Waals surface area contributed by atoms with Crippen molar-refractivity contribution in [1.82, 2.24) is 4.90 Å². The van der Waals surface area contributed by atoms with Crippen LogP contribution in [0.4, 0.5) is 0 Å². The van der Waals surface area contributed by atoms with Crippen molar-refractivity contribution < 1.29 is 19.7 Å². The number of carboxylic acid groups (broad SMARTS) is 1. The number of phenols is 1. The maximum absolute atomic E-state index is 11.7. The van der Waals surface area contributed by atoms with Gasteiger partial charge in [0.1, 0.15) is 6.04 Å². The SMILES string of the molecule is CCOc1cccc(C(C(=O)O)N2CCCC(C)C2)c1O. The first kappa shape index (κ1) is 15.6. The van der Waals surface area contributed by atoms with Gasteiger partial charge in [-0.3, -0.25) is 9.69 Å². The summed E-state index contributed by atoms with van der Waals surface area (Å²) in [6, 6.07) is 4.22. The number of carbonyl (C=O) groups is 1. The van der Waals surface area contributed by atoms with Crippen molar-refractivity contribution in [3.63, 3.8) is 0 Å². The number of nitrogens with zero attached hydrogens (tertiary/aromatic N) is 1. The van der Waals surface area contributed by atoms with Crippen LogP contribution in [0.2, 0.25) is 0 Å². The van der Waals surface area contributed by atoms with Crippen LogP contribution in [0.15, 0.2) is 18.2 Å². The number of carboxylic acids is 1. The van der Waals surface area contributed by atoms with E-state index in [1.54, 1.807) is 18.2 Å². The summed E-state index contributed by atoms with van der Waals surface area (Å²) < 4.78 is 5.35. The Bertz CT molecular complexity index is 503. The van der Waals surface area contributed by atoms with Crippen LogP contribution in [-0.2, 0) is 4.79 Å². The third-order valence-corrected chi connectivity index (χ3v) is 3.91. The molecular formula is C16H23NO4. The molecule has 116 valence electrons. The van der Waals surface area contributed by atoms with Gasteiger partial charge in [-0.2, -0.15) is 0 Å². The highest BCUT2D eigenvalue weighted by Crippen LogP contribution is 2.37. The summed E-state index contributed by atoms with van der Waals surface area (Å²) in [5, 5.41) is 19.9. The lowest BCUT2D eigenvalue weighted by atomic mass is 9.95. The fraction of sp³-hybridized carbons (Fsp3) is 0.562. The van der Waals surface area contributed by atoms with Gasteiger partial charge in [0.15, 0.2) is 11.5 Å². The molecule has 0 saturated carbocycles. The number of hydrogen-bond acceptors (Lipinski definition) is 4. The Balaban J connectivity index is 2.34. The molecule has 0 amide bonds. The van der Waals surface area contributed by atoms with Crippen molar-refractivity contribution in [3.8, 4) is 11.5 Å². The molecule has 1 aliphatic heterocycles. The Hall–Kier alpha value is -1.75. The average Bonchev–Trinajstić information content (AvgIpc) is 2.43. The quantitative estimate of drug-likeness (QED) is 0.873. The zero-order valence-corrected chi connectivity index (χ0v) is 12.6. The van der Waals surface area contributed by atoms with Gasteiger partial charge >= 0.3 is 5.97 Å². The van der Waals surface area contributed by atoms with Crippen molar-refractivity contribution in [2.75, 3.05) is 19.7 Å². The molecule has 1 heterocycles. The second kappa shape index (κ2) is 6.80. The van der Waals surface area contributed by atoms with Gasteiger partial charge in [0.25, 0.3) is 0 Å². The maximum Gasteiger partial charge on any atom is 0.325 e. The number of piperidine rings is 1. The van der Waals surface area contributed by atoms with Crippen molar-refractivity contribution in [1.29, 1.82) is 0 Å². The van der Waals surface area contributed by atoms with Crippen LogP contribution >= 0.6 is 0 Å². The minimum absolute atomic E-state index is 0.0648. The van der Waals surface area contributed by atoms with E-state index in [2.05, 4.69) is 6.92 Å². The fourth-order valence-corrected chi connectivity index (χ4v) is 2.98. The number of benzene rings is 1. The first-order chi connectivity index (χ1) is 10.0. The molecule has 0 bridgehead atoms. The monoisotopic (exact) mass is 293 g/mol. The number of ether oxygens (including phenoxy) is 1. The van der Waals surface area contributed by atoms with Crippen molar-refractivity contribution in [2.45, 2.75) is 32.7 Å². The molecule has 0 spiro atoms. The highest BCUT2D eigenvalue weighted by Gasteiger charge is 2.33. The zero-order chi connectivity index (χ0) is 15.4. The molecule has 1 aromatic rings. The molecule has 21 heavy (non-hydrogen) atoms. The zero-order valence-electron chi connectivity index (χ0n) is 12.6. The lowest BCUT2D eigenvalue weighted by Crippen LogP contribution is -2.40. The first-order valence-electron chi connectivity index (χ1n) is 7.46. The van der Waals surface area contributed by atoms with Crippen LogP contribution < -0.4 is 4.74 Å². The van der Waals surface area contributed by atoms with E-state index >= 15 is 0 Å². The van der Waals surface area contributed by atoms with Gasteiger partial charge in [0.2, 0.25) is 0 Å². The minimum atomic E-state index is -0.937. The van der Waals surface area contributed by atoms with Gasteiger partial charge in [0.05, 0.1) is 6.61 Å². The number of rotatable bonds is 5. The molecule has 0 aliphatic carbocycles. The van der Waals surface area contributed by atoms with E-state index in [0.717, 1.165) is 25.9 Å². The molecule has 2 rings (SSSR count). The topological polar surface area (TPSA) is 70.0 Å². The highest BCUT2D eigenvalue weighted by atomic mass is 16.5. The summed E-state index contributed by atoms with van der Waals surface area (Å²) in [5.41, 5.74) is 0.405. The Labute approximate surface area is 125 Å². The van der Waals surface area contributed by atoms with Gasteiger partial charge in [-0.05, 0) is 38.3 Å². The van der Waals surface area contributed by atoms with Crippen LogP contribution in [0.5, 0.6) is 11.5 Å². The molecule has 2 atom stereocenters. The van der Waals surface area contributed by atoms with E-state index in [9.17, 15) is 15.0 Å². The van der Waals surface area contributed by atoms with Crippen molar-refractivity contribution in [2.24, 2.45) is 5.92 Å². The molecule has 1 aliphatic rings. The predicted molar refractivity (Wildman–Crippen MR) is 79.6 cm³/mol. The van der Waals surface area contributed by atoms with E-state index < -0.39 is 12.0 Å². The summed E-state index contributed by atoms with van der Waals surface area (Å²) in [6.45, 7) is 5.85. The summed E-state index contributed by atoms with van der Waals surface area (Å²) in [7, 11) is 0. The molecule has 0 aromatic heterocycles. The molecule has 1 aromatic carbocycles. The van der Waals surface area contributed by atoms with Crippen LogP contribution in [0, 0.1) is 5.92 Å². The molecule has 1 saturated heterocycles. The Morgan fingerprint density at radius 3 is 2.90 bits per heavy atom. The molecule has 2 N–H and O–H groups in total. The summed E-state index contributed by atoms with van der Waals surface area (Å²) in [5.74, 6) is -0.192. The average molecular weight is 293 g/mol. The van der Waals surface area contributed by atoms with Gasteiger partial charge in [0, 0.05) is 12.1 Å². The van der Waals surface area contributed by atoms with Crippen LogP contribution in [0.25, 0.3) is 0 Å². The maximum atomic E-state index is 11.7. The summed E-state index contributed by atoms with van der Waals surface area (Å²) in [4.78, 5) is 13.7. The standard InChI is InChI=1S/C16H23NO4/c1-3-21-13-8-4-7-12(15(13)18)14(16(19)20)17-9-5-6-11(2)10-17/h4,7-8,11,14,18H,3,5-6,9-10H2,1-2H3,(H,19,20). The molecule has 0 radical (unpaired) electrons. The number of phenolic OH excluding ortho intramolecular Hbond substituents is 1. The normalized spacial score (nSPS) is 21.0. The Morgan fingerprint density at radius 2 is 2.29 bits per heavy atom. The van der Waals surface area contributed by atoms with Crippen LogP contribution in [-0.4, -0.2) is 40.8 Å². The van der Waals surface area contributed by atoms with E-state index in [-0.39, 0.29) is 5.75 Å². The molecule has 2 unspecified atom stereocenters. The van der Waals surface area contributed by atoms with Gasteiger partial charge < -0.3 is 14.9 Å². The number of hydrogen-bond donors (Lipinski definition) is 2. The minimum Gasteiger partial charge on any atom is -0.504 e. The van der Waals surface area contributed by atoms with Gasteiger partial charge in [-0.15, -0.1) is 0 Å². The van der Waals surface area contributed by atoms with E-state index in [4.69, 9.17) is 4.74 Å². The number of para-hydroxylation sites is 1. The van der Waals surface area contributed by atoms with Crippen molar-refractivity contribution >= 4 is 5.97 Å². The third-order valence-electron chi connectivity index (χ3n) is 3.91. The van der Waals surface area contributed by atoms with Crippen molar-refractivity contribution in [3.05, 3.63) is 23.8 Å². The molecular weight excluding hydrogens is 270 g/mol. The van der Waals surface area contributed by atoms with Gasteiger partial charge in [-0.1, -0.05) is 19.1 Å². The molecule has 5 nitrogen and oxygen atoms in total. The first-order valence-corrected chi connectivity index (χ1v) is 7.46. The summed E-state index contributed by atoms with van der Waals surface area (Å²) in [6.07, 6.45) is 2.10. The third kappa shape index (κ3) is 3.47. The largest absolute Gasteiger partial charge is 0.504 e. The number of likely N-dealkylation sites (tertiary alicyclic amines) is 1.